The predicted octanol–water partition coefficient (Wildman–Crippen LogP) is 1.00. The summed E-state index contributed by atoms with van der Waals surface area (Å²) in [5, 5.41) is 7.31. The molecule has 2 unspecified atom stereocenters. The van der Waals surface area contributed by atoms with Gasteiger partial charge < -0.3 is 10.6 Å². The van der Waals surface area contributed by atoms with Gasteiger partial charge in [-0.3, -0.25) is 5.41 Å². The Balaban J connectivity index is 2.54. The van der Waals surface area contributed by atoms with E-state index in [1.165, 1.54) is 12.8 Å². The maximum absolute atomic E-state index is 7.31. The summed E-state index contributed by atoms with van der Waals surface area (Å²) in [6.07, 6.45) is 2.44. The average molecular weight is 155 g/mol. The zero-order valence-electron chi connectivity index (χ0n) is 7.30. The van der Waals surface area contributed by atoms with Gasteiger partial charge in [-0.1, -0.05) is 6.92 Å². The summed E-state index contributed by atoms with van der Waals surface area (Å²) in [5.74, 6) is 0.916. The highest BCUT2D eigenvalue weighted by Crippen LogP contribution is 2.20. The lowest BCUT2D eigenvalue weighted by molar-refractivity contribution is 0.204. The van der Waals surface area contributed by atoms with Gasteiger partial charge in [-0.2, -0.15) is 0 Å². The van der Waals surface area contributed by atoms with E-state index in [0.29, 0.717) is 12.0 Å². The van der Waals surface area contributed by atoms with Gasteiger partial charge in [0.1, 0.15) is 0 Å². The summed E-state index contributed by atoms with van der Waals surface area (Å²) in [6.45, 7) is 5.30. The largest absolute Gasteiger partial charge is 0.370 e. The number of rotatable bonds is 0. The maximum atomic E-state index is 7.31. The van der Waals surface area contributed by atoms with E-state index in [1.54, 1.807) is 0 Å². The molecular formula is C8H17N3. The number of hydrogen-bond acceptors (Lipinski definition) is 1. The molecule has 3 N–H and O–H groups in total. The highest BCUT2D eigenvalue weighted by molar-refractivity contribution is 5.75. The van der Waals surface area contributed by atoms with Crippen LogP contribution in [0.5, 0.6) is 0 Å². The lowest BCUT2D eigenvalue weighted by Gasteiger charge is -2.36. The third-order valence-electron chi connectivity index (χ3n) is 2.43. The van der Waals surface area contributed by atoms with Gasteiger partial charge in [0.15, 0.2) is 5.96 Å². The lowest BCUT2D eigenvalue weighted by atomic mass is 9.95. The Morgan fingerprint density at radius 1 is 1.45 bits per heavy atom. The second-order valence-electron chi connectivity index (χ2n) is 3.57. The molecular weight excluding hydrogens is 138 g/mol. The standard InChI is InChI=1S/C8H17N3/c1-6-3-4-7(2)11(5-6)8(9)10/h6-7H,3-5H2,1-2H3,(H3,9,10). The Labute approximate surface area is 68.1 Å². The molecule has 64 valence electrons. The van der Waals surface area contributed by atoms with Crippen LogP contribution in [-0.2, 0) is 0 Å². The molecule has 0 saturated carbocycles. The van der Waals surface area contributed by atoms with E-state index in [-0.39, 0.29) is 5.96 Å². The fourth-order valence-electron chi connectivity index (χ4n) is 1.62. The summed E-state index contributed by atoms with van der Waals surface area (Å²) in [7, 11) is 0. The molecule has 0 aromatic heterocycles. The molecule has 0 bridgehead atoms. The van der Waals surface area contributed by atoms with Crippen molar-refractivity contribution in [2.24, 2.45) is 11.7 Å². The summed E-state index contributed by atoms with van der Waals surface area (Å²) in [6, 6.07) is 0.462. The van der Waals surface area contributed by atoms with Crippen molar-refractivity contribution in [1.82, 2.24) is 4.90 Å². The van der Waals surface area contributed by atoms with Gasteiger partial charge in [-0.05, 0) is 25.7 Å². The van der Waals surface area contributed by atoms with E-state index in [2.05, 4.69) is 13.8 Å². The van der Waals surface area contributed by atoms with Crippen molar-refractivity contribution in [1.29, 1.82) is 5.41 Å². The highest BCUT2D eigenvalue weighted by atomic mass is 15.3. The van der Waals surface area contributed by atoms with Crippen LogP contribution in [0.3, 0.4) is 0 Å². The molecule has 0 aromatic rings. The van der Waals surface area contributed by atoms with Crippen LogP contribution in [0.15, 0.2) is 0 Å². The van der Waals surface area contributed by atoms with Crippen LogP contribution in [0, 0.1) is 11.3 Å². The number of nitrogens with zero attached hydrogens (tertiary/aromatic N) is 1. The molecule has 0 spiro atoms. The van der Waals surface area contributed by atoms with Gasteiger partial charge in [0.2, 0.25) is 0 Å². The average Bonchev–Trinajstić information content (AvgIpc) is 1.94. The molecule has 0 radical (unpaired) electrons. The SMILES string of the molecule is CC1CCC(C)N(C(=N)N)C1. The number of likely N-dealkylation sites (tertiary alicyclic amines) is 1. The minimum atomic E-state index is 0.226. The van der Waals surface area contributed by atoms with Crippen LogP contribution in [0.2, 0.25) is 0 Å². The van der Waals surface area contributed by atoms with Crippen LogP contribution in [-0.4, -0.2) is 23.4 Å². The third-order valence-corrected chi connectivity index (χ3v) is 2.43. The van der Waals surface area contributed by atoms with E-state index in [9.17, 15) is 0 Å². The van der Waals surface area contributed by atoms with E-state index in [4.69, 9.17) is 11.1 Å². The van der Waals surface area contributed by atoms with Crippen LogP contribution in [0.4, 0.5) is 0 Å². The van der Waals surface area contributed by atoms with Gasteiger partial charge in [-0.25, -0.2) is 0 Å². The first kappa shape index (κ1) is 8.37. The molecule has 1 fully saturated rings. The van der Waals surface area contributed by atoms with Gasteiger partial charge in [0, 0.05) is 12.6 Å². The molecule has 1 heterocycles. The smallest absolute Gasteiger partial charge is 0.188 e. The fourth-order valence-corrected chi connectivity index (χ4v) is 1.62. The predicted molar refractivity (Wildman–Crippen MR) is 46.5 cm³/mol. The maximum Gasteiger partial charge on any atom is 0.188 e. The summed E-state index contributed by atoms with van der Waals surface area (Å²) < 4.78 is 0. The zero-order chi connectivity index (χ0) is 8.43. The molecule has 1 saturated heterocycles. The van der Waals surface area contributed by atoms with Crippen molar-refractivity contribution in [2.75, 3.05) is 6.54 Å². The Hall–Kier alpha value is -0.730. The Kier molecular flexibility index (Phi) is 2.37. The van der Waals surface area contributed by atoms with E-state index >= 15 is 0 Å². The summed E-state index contributed by atoms with van der Waals surface area (Å²) in [4.78, 5) is 1.98. The van der Waals surface area contributed by atoms with Crippen LogP contribution in [0.1, 0.15) is 26.7 Å². The minimum Gasteiger partial charge on any atom is -0.370 e. The quantitative estimate of drug-likeness (QED) is 0.405. The molecule has 1 aliphatic rings. The first-order valence-electron chi connectivity index (χ1n) is 4.22. The molecule has 11 heavy (non-hydrogen) atoms. The summed E-state index contributed by atoms with van der Waals surface area (Å²) in [5.41, 5.74) is 5.43. The highest BCUT2D eigenvalue weighted by Gasteiger charge is 2.23. The van der Waals surface area contributed by atoms with Crippen molar-refractivity contribution in [2.45, 2.75) is 32.7 Å². The third kappa shape index (κ3) is 1.85. The topological polar surface area (TPSA) is 53.1 Å². The summed E-state index contributed by atoms with van der Waals surface area (Å²) >= 11 is 0. The van der Waals surface area contributed by atoms with Crippen molar-refractivity contribution >= 4 is 5.96 Å². The zero-order valence-corrected chi connectivity index (χ0v) is 7.30. The molecule has 1 aliphatic heterocycles. The molecule has 0 aliphatic carbocycles. The number of nitrogens with two attached hydrogens (primary N) is 1. The number of guanidine groups is 1. The van der Waals surface area contributed by atoms with Crippen molar-refractivity contribution in [3.63, 3.8) is 0 Å². The van der Waals surface area contributed by atoms with E-state index < -0.39 is 0 Å². The Morgan fingerprint density at radius 2 is 2.09 bits per heavy atom. The molecule has 0 amide bonds. The van der Waals surface area contributed by atoms with Crippen molar-refractivity contribution in [3.05, 3.63) is 0 Å². The first-order valence-corrected chi connectivity index (χ1v) is 4.22. The fraction of sp³-hybridized carbons (Fsp3) is 0.875. The number of nitrogens with one attached hydrogen (secondary N) is 1. The van der Waals surface area contributed by atoms with Gasteiger partial charge in [-0.15, -0.1) is 0 Å². The van der Waals surface area contributed by atoms with Crippen molar-refractivity contribution in [3.8, 4) is 0 Å². The second kappa shape index (κ2) is 3.11. The number of piperidine rings is 1. The van der Waals surface area contributed by atoms with E-state index in [0.717, 1.165) is 6.54 Å². The molecule has 0 aromatic carbocycles. The van der Waals surface area contributed by atoms with Crippen molar-refractivity contribution < 1.29 is 0 Å². The van der Waals surface area contributed by atoms with Crippen LogP contribution < -0.4 is 5.73 Å². The Morgan fingerprint density at radius 3 is 2.55 bits per heavy atom. The second-order valence-corrected chi connectivity index (χ2v) is 3.57. The minimum absolute atomic E-state index is 0.226. The molecule has 3 heteroatoms. The molecule has 1 rings (SSSR count). The number of hydrogen-bond donors (Lipinski definition) is 2. The van der Waals surface area contributed by atoms with Gasteiger partial charge in [0.25, 0.3) is 0 Å². The van der Waals surface area contributed by atoms with E-state index in [1.807, 2.05) is 4.90 Å². The molecule has 2 atom stereocenters. The van der Waals surface area contributed by atoms with Gasteiger partial charge in [0.05, 0.1) is 0 Å². The van der Waals surface area contributed by atoms with Crippen LogP contribution >= 0.6 is 0 Å². The van der Waals surface area contributed by atoms with Gasteiger partial charge >= 0.3 is 0 Å². The lowest BCUT2D eigenvalue weighted by Crippen LogP contribution is -2.47. The normalized spacial score (nSPS) is 32.0. The molecule has 3 nitrogen and oxygen atoms in total. The van der Waals surface area contributed by atoms with Crippen LogP contribution in [0.25, 0.3) is 0 Å². The monoisotopic (exact) mass is 155 g/mol. The Bertz CT molecular complexity index is 155. The first-order chi connectivity index (χ1) is 5.11.